The van der Waals surface area contributed by atoms with Crippen molar-refractivity contribution in [3.05, 3.63) is 77.9 Å². The first-order chi connectivity index (χ1) is 16.1. The molecule has 33 heavy (non-hydrogen) atoms. The standard InChI is InChI=1S/C27H29FN2O3/c1-2-33-27-9-5-21(6-10-27)22-4-7-24(29-19-22)18-26(31)8-3-20-15-23(28)17-25(16-20)30-11-13-32-14-12-30/h4-7,9-10,15-17,19H,2-3,8,11-14,18H2,1H3. The average Bonchev–Trinajstić information content (AvgIpc) is 2.84. The summed E-state index contributed by atoms with van der Waals surface area (Å²) in [6.07, 6.45) is 2.93. The van der Waals surface area contributed by atoms with E-state index in [1.165, 1.54) is 6.07 Å². The van der Waals surface area contributed by atoms with Crippen molar-refractivity contribution in [1.82, 2.24) is 4.98 Å². The van der Waals surface area contributed by atoms with Crippen LogP contribution >= 0.6 is 0 Å². The third-order valence-corrected chi connectivity index (χ3v) is 5.71. The number of anilines is 1. The number of Topliss-reactive ketones (excluding diaryl/α,β-unsaturated/α-hetero) is 1. The van der Waals surface area contributed by atoms with Crippen LogP contribution in [0.4, 0.5) is 10.1 Å². The van der Waals surface area contributed by atoms with Gasteiger partial charge in [-0.1, -0.05) is 18.2 Å². The second-order valence-electron chi connectivity index (χ2n) is 8.13. The fourth-order valence-corrected chi connectivity index (χ4v) is 3.97. The van der Waals surface area contributed by atoms with Crippen molar-refractivity contribution in [2.24, 2.45) is 0 Å². The molecule has 0 N–H and O–H groups in total. The van der Waals surface area contributed by atoms with Gasteiger partial charge in [0, 0.05) is 49.1 Å². The van der Waals surface area contributed by atoms with Crippen LogP contribution in [0, 0.1) is 5.82 Å². The van der Waals surface area contributed by atoms with Crippen molar-refractivity contribution in [2.45, 2.75) is 26.2 Å². The molecule has 1 aliphatic rings. The van der Waals surface area contributed by atoms with Crippen LogP contribution in [-0.2, 0) is 22.4 Å². The molecule has 0 radical (unpaired) electrons. The minimum absolute atomic E-state index is 0.0912. The molecule has 4 rings (SSSR count). The van der Waals surface area contributed by atoms with E-state index in [0.29, 0.717) is 32.7 Å². The smallest absolute Gasteiger partial charge is 0.139 e. The topological polar surface area (TPSA) is 51.7 Å². The van der Waals surface area contributed by atoms with E-state index in [4.69, 9.17) is 9.47 Å². The molecule has 2 aromatic carbocycles. The number of aromatic nitrogens is 1. The summed E-state index contributed by atoms with van der Waals surface area (Å²) in [6, 6.07) is 16.8. The van der Waals surface area contributed by atoms with Crippen molar-refractivity contribution in [1.29, 1.82) is 0 Å². The van der Waals surface area contributed by atoms with Crippen LogP contribution in [0.25, 0.3) is 11.1 Å². The number of benzene rings is 2. The first kappa shape index (κ1) is 22.9. The highest BCUT2D eigenvalue weighted by atomic mass is 19.1. The van der Waals surface area contributed by atoms with Crippen molar-refractivity contribution in [3.63, 3.8) is 0 Å². The SMILES string of the molecule is CCOc1ccc(-c2ccc(CC(=O)CCc3cc(F)cc(N4CCOCC4)c3)nc2)cc1. The number of morpholine rings is 1. The zero-order chi connectivity index (χ0) is 23.0. The van der Waals surface area contributed by atoms with Crippen molar-refractivity contribution >= 4 is 11.5 Å². The Hall–Kier alpha value is -3.25. The van der Waals surface area contributed by atoms with E-state index in [-0.39, 0.29) is 18.0 Å². The maximum Gasteiger partial charge on any atom is 0.139 e. The van der Waals surface area contributed by atoms with Gasteiger partial charge in [-0.15, -0.1) is 0 Å². The van der Waals surface area contributed by atoms with E-state index in [1.54, 1.807) is 12.3 Å². The number of hydrogen-bond acceptors (Lipinski definition) is 5. The predicted molar refractivity (Wildman–Crippen MR) is 127 cm³/mol. The third-order valence-electron chi connectivity index (χ3n) is 5.71. The van der Waals surface area contributed by atoms with E-state index in [2.05, 4.69) is 9.88 Å². The Morgan fingerprint density at radius 1 is 1.06 bits per heavy atom. The third kappa shape index (κ3) is 6.39. The molecule has 0 aliphatic carbocycles. The number of halogens is 1. The Balaban J connectivity index is 1.32. The molecule has 0 atom stereocenters. The first-order valence-corrected chi connectivity index (χ1v) is 11.4. The molecular formula is C27H29FN2O3. The molecule has 1 aliphatic heterocycles. The summed E-state index contributed by atoms with van der Waals surface area (Å²) < 4.78 is 25.0. The fourth-order valence-electron chi connectivity index (χ4n) is 3.97. The summed E-state index contributed by atoms with van der Waals surface area (Å²) in [5, 5.41) is 0. The number of pyridine rings is 1. The number of carbonyl (C=O) groups is 1. The number of hydrogen-bond donors (Lipinski definition) is 0. The van der Waals surface area contributed by atoms with Crippen LogP contribution in [-0.4, -0.2) is 43.7 Å². The zero-order valence-corrected chi connectivity index (χ0v) is 18.9. The lowest BCUT2D eigenvalue weighted by Crippen LogP contribution is -2.36. The van der Waals surface area contributed by atoms with Crippen LogP contribution in [0.2, 0.25) is 0 Å². The van der Waals surface area contributed by atoms with Crippen molar-refractivity contribution in [3.8, 4) is 16.9 Å². The van der Waals surface area contributed by atoms with E-state index >= 15 is 0 Å². The molecule has 2 heterocycles. The van der Waals surface area contributed by atoms with Gasteiger partial charge in [0.15, 0.2) is 0 Å². The van der Waals surface area contributed by atoms with Gasteiger partial charge in [0.1, 0.15) is 17.3 Å². The van der Waals surface area contributed by atoms with Gasteiger partial charge in [-0.3, -0.25) is 9.78 Å². The van der Waals surface area contributed by atoms with E-state index in [0.717, 1.165) is 46.9 Å². The highest BCUT2D eigenvalue weighted by Crippen LogP contribution is 2.23. The fraction of sp³-hybridized carbons (Fsp3) is 0.333. The molecule has 5 nitrogen and oxygen atoms in total. The quantitative estimate of drug-likeness (QED) is 0.468. The monoisotopic (exact) mass is 448 g/mol. The summed E-state index contributed by atoms with van der Waals surface area (Å²) in [6.45, 7) is 5.39. The zero-order valence-electron chi connectivity index (χ0n) is 18.9. The summed E-state index contributed by atoms with van der Waals surface area (Å²) in [5.41, 5.74) is 4.47. The van der Waals surface area contributed by atoms with Gasteiger partial charge in [-0.25, -0.2) is 4.39 Å². The van der Waals surface area contributed by atoms with Gasteiger partial charge < -0.3 is 14.4 Å². The van der Waals surface area contributed by atoms with Gasteiger partial charge in [0.25, 0.3) is 0 Å². The number of aryl methyl sites for hydroxylation is 1. The number of nitrogens with zero attached hydrogens (tertiary/aromatic N) is 2. The lowest BCUT2D eigenvalue weighted by Gasteiger charge is -2.29. The number of ketones is 1. The van der Waals surface area contributed by atoms with Gasteiger partial charge >= 0.3 is 0 Å². The Bertz CT molecular complexity index is 1060. The van der Waals surface area contributed by atoms with Crippen molar-refractivity contribution in [2.75, 3.05) is 37.8 Å². The first-order valence-electron chi connectivity index (χ1n) is 11.4. The minimum Gasteiger partial charge on any atom is -0.494 e. The maximum absolute atomic E-state index is 14.1. The second kappa shape index (κ2) is 11.1. The van der Waals surface area contributed by atoms with E-state index in [1.807, 2.05) is 49.4 Å². The molecule has 0 bridgehead atoms. The number of ether oxygens (including phenoxy) is 2. The molecule has 0 saturated carbocycles. The average molecular weight is 449 g/mol. The van der Waals surface area contributed by atoms with Gasteiger partial charge in [-0.2, -0.15) is 0 Å². The van der Waals surface area contributed by atoms with Gasteiger partial charge in [-0.05, 0) is 60.9 Å². The van der Waals surface area contributed by atoms with Crippen LogP contribution in [0.5, 0.6) is 5.75 Å². The molecule has 1 fully saturated rings. The van der Waals surface area contributed by atoms with Crippen molar-refractivity contribution < 1.29 is 18.7 Å². The normalized spacial score (nSPS) is 13.7. The predicted octanol–water partition coefficient (Wildman–Crippen LogP) is 4.87. The minimum atomic E-state index is -0.270. The molecule has 172 valence electrons. The highest BCUT2D eigenvalue weighted by Gasteiger charge is 2.14. The molecule has 0 unspecified atom stereocenters. The van der Waals surface area contributed by atoms with E-state index in [9.17, 15) is 9.18 Å². The van der Waals surface area contributed by atoms with Crippen LogP contribution in [0.15, 0.2) is 60.8 Å². The lowest BCUT2D eigenvalue weighted by atomic mass is 10.0. The molecule has 0 spiro atoms. The molecule has 1 aromatic heterocycles. The molecular weight excluding hydrogens is 419 g/mol. The Morgan fingerprint density at radius 3 is 2.52 bits per heavy atom. The molecule has 1 saturated heterocycles. The van der Waals surface area contributed by atoms with Gasteiger partial charge in [0.05, 0.1) is 19.8 Å². The summed E-state index contributed by atoms with van der Waals surface area (Å²) in [5.74, 6) is 0.660. The van der Waals surface area contributed by atoms with Crippen LogP contribution in [0.3, 0.4) is 0 Å². The summed E-state index contributed by atoms with van der Waals surface area (Å²) in [4.78, 5) is 19.1. The Labute approximate surface area is 194 Å². The number of carbonyl (C=O) groups excluding carboxylic acids is 1. The lowest BCUT2D eigenvalue weighted by molar-refractivity contribution is -0.118. The Kier molecular flexibility index (Phi) is 7.68. The maximum atomic E-state index is 14.1. The summed E-state index contributed by atoms with van der Waals surface area (Å²) >= 11 is 0. The van der Waals surface area contributed by atoms with Crippen LogP contribution < -0.4 is 9.64 Å². The largest absolute Gasteiger partial charge is 0.494 e. The molecule has 3 aromatic rings. The summed E-state index contributed by atoms with van der Waals surface area (Å²) in [7, 11) is 0. The van der Waals surface area contributed by atoms with E-state index < -0.39 is 0 Å². The highest BCUT2D eigenvalue weighted by molar-refractivity contribution is 5.80. The number of rotatable bonds is 9. The Morgan fingerprint density at radius 2 is 1.82 bits per heavy atom. The molecule has 6 heteroatoms. The second-order valence-corrected chi connectivity index (χ2v) is 8.13. The molecule has 0 amide bonds. The van der Waals surface area contributed by atoms with Gasteiger partial charge in [0.2, 0.25) is 0 Å². The van der Waals surface area contributed by atoms with Crippen LogP contribution in [0.1, 0.15) is 24.6 Å².